The lowest BCUT2D eigenvalue weighted by molar-refractivity contribution is -0.134. The number of aliphatic hydroxyl groups is 1. The number of amides is 2. The van der Waals surface area contributed by atoms with Gasteiger partial charge in [0.2, 0.25) is 5.91 Å². The van der Waals surface area contributed by atoms with Gasteiger partial charge < -0.3 is 29.0 Å². The Morgan fingerprint density at radius 2 is 1.49 bits per heavy atom. The van der Waals surface area contributed by atoms with Crippen LogP contribution in [0, 0.1) is 5.82 Å². The number of anilines is 1. The fourth-order valence-electron chi connectivity index (χ4n) is 6.56. The predicted molar refractivity (Wildman–Crippen MR) is 188 cm³/mol. The third kappa shape index (κ3) is 8.41. The topological polar surface area (TPSA) is 92.9 Å². The summed E-state index contributed by atoms with van der Waals surface area (Å²) in [5.41, 5.74) is 3.08. The molecule has 3 heterocycles. The van der Waals surface area contributed by atoms with Crippen LogP contribution in [0.2, 0.25) is 0 Å². The molecule has 49 heavy (non-hydrogen) atoms. The van der Waals surface area contributed by atoms with E-state index in [1.54, 1.807) is 4.90 Å². The zero-order chi connectivity index (χ0) is 34.3. The highest BCUT2D eigenvalue weighted by molar-refractivity contribution is 5.94. The summed E-state index contributed by atoms with van der Waals surface area (Å²) < 4.78 is 25.3. The maximum atomic E-state index is 13.2. The molecule has 0 spiro atoms. The van der Waals surface area contributed by atoms with E-state index in [9.17, 15) is 19.1 Å². The molecule has 2 aliphatic rings. The summed E-state index contributed by atoms with van der Waals surface area (Å²) in [5.74, 6) is 0.890. The Hall–Kier alpha value is -4.45. The van der Waals surface area contributed by atoms with Gasteiger partial charge in [-0.2, -0.15) is 0 Å². The number of carbonyl (C=O) groups excluding carboxylic acids is 2. The number of benzene rings is 3. The maximum absolute atomic E-state index is 13.2. The zero-order valence-corrected chi connectivity index (χ0v) is 28.4. The second kappa shape index (κ2) is 15.8. The first-order valence-electron chi connectivity index (χ1n) is 17.3. The number of halogens is 1. The van der Waals surface area contributed by atoms with Gasteiger partial charge in [0.1, 0.15) is 35.6 Å². The Morgan fingerprint density at radius 1 is 0.837 bits per heavy atom. The fourth-order valence-corrected chi connectivity index (χ4v) is 6.56. The lowest BCUT2D eigenvalue weighted by Gasteiger charge is -2.38. The van der Waals surface area contributed by atoms with Crippen LogP contribution in [0.5, 0.6) is 5.75 Å². The molecule has 11 heteroatoms. The van der Waals surface area contributed by atoms with Crippen molar-refractivity contribution in [2.75, 3.05) is 90.0 Å². The molecule has 2 fully saturated rings. The van der Waals surface area contributed by atoms with E-state index in [0.29, 0.717) is 63.7 Å². The molecular weight excluding hydrogens is 625 g/mol. The Morgan fingerprint density at radius 3 is 2.16 bits per heavy atom. The van der Waals surface area contributed by atoms with Crippen LogP contribution in [0.3, 0.4) is 0 Å². The first-order chi connectivity index (χ1) is 23.8. The van der Waals surface area contributed by atoms with Crippen LogP contribution < -0.4 is 9.64 Å². The Labute approximate surface area is 287 Å². The average Bonchev–Trinajstić information content (AvgIpc) is 3.57. The molecule has 2 saturated heterocycles. The number of rotatable bonds is 12. The first-order valence-corrected chi connectivity index (χ1v) is 17.3. The molecule has 1 N–H and O–H groups in total. The fraction of sp³-hybridized carbons (Fsp3) is 0.421. The van der Waals surface area contributed by atoms with Gasteiger partial charge >= 0.3 is 0 Å². The summed E-state index contributed by atoms with van der Waals surface area (Å²) in [5, 5.41) is 12.0. The molecule has 6 rings (SSSR count). The molecule has 0 bridgehead atoms. The van der Waals surface area contributed by atoms with Crippen molar-refractivity contribution in [3.8, 4) is 5.75 Å². The monoisotopic (exact) mass is 671 g/mol. The van der Waals surface area contributed by atoms with Gasteiger partial charge in [-0.3, -0.25) is 19.4 Å². The number of piperazine rings is 2. The van der Waals surface area contributed by atoms with Crippen molar-refractivity contribution in [3.63, 3.8) is 0 Å². The van der Waals surface area contributed by atoms with Gasteiger partial charge in [0, 0.05) is 94.7 Å². The minimum Gasteiger partial charge on any atom is -0.492 e. The van der Waals surface area contributed by atoms with Crippen molar-refractivity contribution in [3.05, 3.63) is 95.5 Å². The summed E-state index contributed by atoms with van der Waals surface area (Å²) in [6.07, 6.45) is -0.876. The van der Waals surface area contributed by atoms with Crippen LogP contribution in [0.25, 0.3) is 11.0 Å². The normalized spacial score (nSPS) is 16.6. The van der Waals surface area contributed by atoms with Crippen molar-refractivity contribution in [2.45, 2.75) is 20.0 Å². The molecule has 4 aromatic rings. The molecule has 1 atom stereocenters. The van der Waals surface area contributed by atoms with E-state index in [1.165, 1.54) is 24.3 Å². The molecular formula is C38H46FN5O5. The van der Waals surface area contributed by atoms with E-state index in [4.69, 9.17) is 9.15 Å². The van der Waals surface area contributed by atoms with Gasteiger partial charge in [-0.05, 0) is 74.0 Å². The highest BCUT2D eigenvalue weighted by atomic mass is 19.1. The molecule has 2 amide bonds. The van der Waals surface area contributed by atoms with Gasteiger partial charge in [-0.1, -0.05) is 12.1 Å². The summed E-state index contributed by atoms with van der Waals surface area (Å²) >= 11 is 0. The van der Waals surface area contributed by atoms with E-state index in [2.05, 4.69) is 34.6 Å². The van der Waals surface area contributed by atoms with E-state index in [-0.39, 0.29) is 17.6 Å². The second-order valence-corrected chi connectivity index (χ2v) is 12.7. The lowest BCUT2D eigenvalue weighted by atomic mass is 10.1. The summed E-state index contributed by atoms with van der Waals surface area (Å²) in [6, 6.07) is 21.1. The number of aliphatic hydroxyl groups excluding tert-OH is 1. The van der Waals surface area contributed by atoms with Gasteiger partial charge in [-0.25, -0.2) is 4.39 Å². The highest BCUT2D eigenvalue weighted by Crippen LogP contribution is 2.31. The number of hydrogen-bond donors (Lipinski definition) is 1. The number of nitrogens with zero attached hydrogens (tertiary/aromatic N) is 5. The molecule has 2 aliphatic heterocycles. The van der Waals surface area contributed by atoms with Crippen LogP contribution >= 0.6 is 0 Å². The molecule has 0 radical (unpaired) electrons. The van der Waals surface area contributed by atoms with Crippen LogP contribution in [0.4, 0.5) is 10.1 Å². The quantitative estimate of drug-likeness (QED) is 0.236. The van der Waals surface area contributed by atoms with Crippen LogP contribution in [-0.4, -0.2) is 122 Å². The standard InChI is InChI=1S/C38H46FN5O5/c1-3-42(4-2)32-12-7-30-25-35(49-34(30)26-32)37(46)28-8-13-33(14-9-28)48-24-23-40-15-19-43(20-16-40)36(45)27-41-17-21-44(22-18-41)38(47)29-5-10-31(39)11-6-29/h5-14,25-26,37,46H,3-4,15-24,27H2,1-2H3. The maximum Gasteiger partial charge on any atom is 0.253 e. The van der Waals surface area contributed by atoms with Gasteiger partial charge in [-0.15, -0.1) is 0 Å². The Bertz CT molecular complexity index is 1690. The molecule has 0 saturated carbocycles. The largest absolute Gasteiger partial charge is 0.492 e. The van der Waals surface area contributed by atoms with Crippen LogP contribution in [0.15, 0.2) is 77.2 Å². The number of fused-ring (bicyclic) bond motifs is 1. The Kier molecular flexibility index (Phi) is 11.1. The summed E-state index contributed by atoms with van der Waals surface area (Å²) in [4.78, 5) is 36.1. The third-order valence-electron chi connectivity index (χ3n) is 9.63. The van der Waals surface area contributed by atoms with Crippen molar-refractivity contribution in [2.24, 2.45) is 0 Å². The van der Waals surface area contributed by atoms with Crippen molar-refractivity contribution < 1.29 is 28.2 Å². The number of hydrogen-bond acceptors (Lipinski definition) is 8. The minimum atomic E-state index is -0.876. The number of ether oxygens (including phenoxy) is 1. The summed E-state index contributed by atoms with van der Waals surface area (Å²) in [6.45, 7) is 13.0. The number of carbonyl (C=O) groups is 2. The van der Waals surface area contributed by atoms with Gasteiger partial charge in [0.25, 0.3) is 5.91 Å². The summed E-state index contributed by atoms with van der Waals surface area (Å²) in [7, 11) is 0. The second-order valence-electron chi connectivity index (χ2n) is 12.7. The highest BCUT2D eigenvalue weighted by Gasteiger charge is 2.27. The van der Waals surface area contributed by atoms with Crippen LogP contribution in [-0.2, 0) is 4.79 Å². The smallest absolute Gasteiger partial charge is 0.253 e. The van der Waals surface area contributed by atoms with E-state index in [0.717, 1.165) is 60.7 Å². The van der Waals surface area contributed by atoms with Gasteiger partial charge in [0.15, 0.2) is 0 Å². The average molecular weight is 672 g/mol. The minimum absolute atomic E-state index is 0.106. The molecule has 1 unspecified atom stereocenters. The third-order valence-corrected chi connectivity index (χ3v) is 9.63. The predicted octanol–water partition coefficient (Wildman–Crippen LogP) is 4.48. The first kappa shape index (κ1) is 34.4. The number of furan rings is 1. The van der Waals surface area contributed by atoms with Crippen molar-refractivity contribution >= 4 is 28.5 Å². The molecule has 260 valence electrons. The van der Waals surface area contributed by atoms with Crippen molar-refractivity contribution in [1.29, 1.82) is 0 Å². The molecule has 0 aliphatic carbocycles. The molecule has 1 aromatic heterocycles. The van der Waals surface area contributed by atoms with E-state index < -0.39 is 6.10 Å². The SMILES string of the molecule is CCN(CC)c1ccc2cc(C(O)c3ccc(OCCN4CCN(C(=O)CN5CCN(C(=O)c6ccc(F)cc6)CC5)CC4)cc3)oc2c1. The van der Waals surface area contributed by atoms with E-state index in [1.807, 2.05) is 47.4 Å². The molecule has 10 nitrogen and oxygen atoms in total. The van der Waals surface area contributed by atoms with Crippen molar-refractivity contribution in [1.82, 2.24) is 19.6 Å². The van der Waals surface area contributed by atoms with Crippen LogP contribution in [0.1, 0.15) is 41.6 Å². The molecule has 3 aromatic carbocycles. The zero-order valence-electron chi connectivity index (χ0n) is 28.4. The Balaban J connectivity index is 0.895. The lowest BCUT2D eigenvalue weighted by Crippen LogP contribution is -2.54. The van der Waals surface area contributed by atoms with E-state index >= 15 is 0 Å². The van der Waals surface area contributed by atoms with Gasteiger partial charge in [0.05, 0.1) is 6.54 Å².